The Bertz CT molecular complexity index is 1090. The fourth-order valence-corrected chi connectivity index (χ4v) is 3.65. The van der Waals surface area contributed by atoms with Gasteiger partial charge in [0.2, 0.25) is 11.7 Å². The van der Waals surface area contributed by atoms with Gasteiger partial charge in [-0.3, -0.25) is 0 Å². The molecule has 1 fully saturated rings. The second-order valence-electron chi connectivity index (χ2n) is 9.08. The number of aromatic nitrogens is 2. The molecular formula is C24H29F3N4O4. The normalized spacial score (nSPS) is 16.9. The second-order valence-corrected chi connectivity index (χ2v) is 9.08. The minimum Gasteiger partial charge on any atom is -0.493 e. The number of hydrogen-bond donors (Lipinski definition) is 0. The van der Waals surface area contributed by atoms with Crippen LogP contribution < -0.4 is 4.74 Å². The fraction of sp³-hybridized carbons (Fsp3) is 0.500. The SMILES string of the molecule is C=CCCOc1ccc(-c2noc([C@@H]3CCCN3C(C)=NC(=O)OC(C)(C)C)n2)cc1C(F)(F)F. The van der Waals surface area contributed by atoms with E-state index in [1.807, 2.05) is 4.90 Å². The number of benzene rings is 1. The van der Waals surface area contributed by atoms with E-state index < -0.39 is 23.4 Å². The van der Waals surface area contributed by atoms with E-state index in [0.29, 0.717) is 25.2 Å². The molecule has 0 unspecified atom stereocenters. The van der Waals surface area contributed by atoms with E-state index in [2.05, 4.69) is 21.7 Å². The van der Waals surface area contributed by atoms with Crippen LogP contribution in [0.15, 0.2) is 40.4 Å². The zero-order valence-corrected chi connectivity index (χ0v) is 20.2. The molecule has 3 rings (SSSR count). The quantitative estimate of drug-likeness (QED) is 0.204. The molecule has 0 radical (unpaired) electrons. The van der Waals surface area contributed by atoms with E-state index >= 15 is 0 Å². The molecule has 1 atom stereocenters. The monoisotopic (exact) mass is 494 g/mol. The standard InChI is InChI=1S/C24H29F3N4O4/c1-6-7-13-33-19-11-10-16(14-17(19)24(25,26)27)20-29-21(35-30-20)18-9-8-12-31(18)15(2)28-22(32)34-23(3,4)5/h6,10-11,14,18H,1,7-9,12-13H2,2-5H3/t18-/m0/s1. The van der Waals surface area contributed by atoms with Crippen LogP contribution >= 0.6 is 0 Å². The molecule has 1 aromatic carbocycles. The van der Waals surface area contributed by atoms with Crippen molar-refractivity contribution in [2.75, 3.05) is 13.2 Å². The highest BCUT2D eigenvalue weighted by Crippen LogP contribution is 2.39. The van der Waals surface area contributed by atoms with E-state index in [9.17, 15) is 18.0 Å². The van der Waals surface area contributed by atoms with Crippen LogP contribution in [0.25, 0.3) is 11.4 Å². The summed E-state index contributed by atoms with van der Waals surface area (Å²) in [5.74, 6) is 0.414. The molecule has 0 bridgehead atoms. The van der Waals surface area contributed by atoms with E-state index in [0.717, 1.165) is 12.5 Å². The molecule has 0 N–H and O–H groups in total. The molecule has 11 heteroatoms. The molecular weight excluding hydrogens is 465 g/mol. The smallest absolute Gasteiger partial charge is 0.435 e. The molecule has 2 aromatic rings. The Kier molecular flexibility index (Phi) is 7.86. The van der Waals surface area contributed by atoms with Crippen LogP contribution in [0.5, 0.6) is 5.75 Å². The zero-order valence-electron chi connectivity index (χ0n) is 20.2. The van der Waals surface area contributed by atoms with Crippen LogP contribution in [0.3, 0.4) is 0 Å². The van der Waals surface area contributed by atoms with Gasteiger partial charge in [0.15, 0.2) is 0 Å². The van der Waals surface area contributed by atoms with Crippen molar-refractivity contribution in [2.45, 2.75) is 64.8 Å². The lowest BCUT2D eigenvalue weighted by atomic mass is 10.1. The third-order valence-electron chi connectivity index (χ3n) is 5.16. The van der Waals surface area contributed by atoms with Gasteiger partial charge in [0.05, 0.1) is 12.2 Å². The molecule has 2 heterocycles. The number of amidine groups is 1. The van der Waals surface area contributed by atoms with Gasteiger partial charge in [0.1, 0.15) is 23.2 Å². The average molecular weight is 495 g/mol. The molecule has 0 saturated carbocycles. The number of carbonyl (C=O) groups excluding carboxylic acids is 1. The van der Waals surface area contributed by atoms with Crippen molar-refractivity contribution in [1.82, 2.24) is 15.0 Å². The van der Waals surface area contributed by atoms with E-state index in [1.165, 1.54) is 12.1 Å². The van der Waals surface area contributed by atoms with Crippen LogP contribution in [-0.2, 0) is 10.9 Å². The Labute approximate surface area is 201 Å². The number of ether oxygens (including phenoxy) is 2. The number of aliphatic imine (C=N–C) groups is 1. The van der Waals surface area contributed by atoms with Crippen molar-refractivity contribution in [3.8, 4) is 17.1 Å². The number of carbonyl (C=O) groups is 1. The van der Waals surface area contributed by atoms with Gasteiger partial charge < -0.3 is 18.9 Å². The number of halogens is 3. The van der Waals surface area contributed by atoms with Gasteiger partial charge in [-0.25, -0.2) is 4.79 Å². The summed E-state index contributed by atoms with van der Waals surface area (Å²) in [7, 11) is 0. The first-order valence-electron chi connectivity index (χ1n) is 11.2. The van der Waals surface area contributed by atoms with Gasteiger partial charge in [-0.05, 0) is 65.2 Å². The number of hydrogen-bond acceptors (Lipinski definition) is 6. The first kappa shape index (κ1) is 26.2. The van der Waals surface area contributed by atoms with Crippen LogP contribution in [-0.4, -0.2) is 45.7 Å². The minimum absolute atomic E-state index is 0.0247. The van der Waals surface area contributed by atoms with E-state index in [4.69, 9.17) is 14.0 Å². The summed E-state index contributed by atoms with van der Waals surface area (Å²) in [5, 5.41) is 3.90. The van der Waals surface area contributed by atoms with Crippen LogP contribution in [0.4, 0.5) is 18.0 Å². The van der Waals surface area contributed by atoms with Crippen LogP contribution in [0.2, 0.25) is 0 Å². The maximum Gasteiger partial charge on any atom is 0.435 e. The molecule has 1 aliphatic rings. The Morgan fingerprint density at radius 1 is 1.34 bits per heavy atom. The molecule has 35 heavy (non-hydrogen) atoms. The van der Waals surface area contributed by atoms with Crippen LogP contribution in [0.1, 0.15) is 64.5 Å². The summed E-state index contributed by atoms with van der Waals surface area (Å²) in [6, 6.07) is 3.29. The highest BCUT2D eigenvalue weighted by Gasteiger charge is 2.36. The van der Waals surface area contributed by atoms with Gasteiger partial charge in [0.25, 0.3) is 0 Å². The summed E-state index contributed by atoms with van der Waals surface area (Å²) in [4.78, 5) is 22.3. The van der Waals surface area contributed by atoms with E-state index in [-0.39, 0.29) is 35.7 Å². The molecule has 8 nitrogen and oxygen atoms in total. The van der Waals surface area contributed by atoms with Crippen molar-refractivity contribution in [3.05, 3.63) is 42.3 Å². The lowest BCUT2D eigenvalue weighted by Crippen LogP contribution is -2.30. The van der Waals surface area contributed by atoms with Crippen molar-refractivity contribution in [2.24, 2.45) is 4.99 Å². The van der Waals surface area contributed by atoms with Gasteiger partial charge >= 0.3 is 12.3 Å². The third kappa shape index (κ3) is 6.83. The Morgan fingerprint density at radius 3 is 2.74 bits per heavy atom. The minimum atomic E-state index is -4.62. The van der Waals surface area contributed by atoms with Crippen molar-refractivity contribution < 1.29 is 32.0 Å². The molecule has 190 valence electrons. The predicted octanol–water partition coefficient (Wildman–Crippen LogP) is 6.20. The number of likely N-dealkylation sites (tertiary alicyclic amines) is 1. The van der Waals surface area contributed by atoms with Crippen LogP contribution in [0, 0.1) is 0 Å². The predicted molar refractivity (Wildman–Crippen MR) is 123 cm³/mol. The summed E-state index contributed by atoms with van der Waals surface area (Å²) in [6.07, 6.45) is -1.90. The highest BCUT2D eigenvalue weighted by atomic mass is 19.4. The summed E-state index contributed by atoms with van der Waals surface area (Å²) >= 11 is 0. The molecule has 1 saturated heterocycles. The Hall–Kier alpha value is -3.37. The van der Waals surface area contributed by atoms with Gasteiger partial charge in [0, 0.05) is 12.1 Å². The Morgan fingerprint density at radius 2 is 2.09 bits per heavy atom. The summed E-state index contributed by atoms with van der Waals surface area (Å²) in [6.45, 7) is 11.1. The number of rotatable bonds is 6. The second kappa shape index (κ2) is 10.5. The fourth-order valence-electron chi connectivity index (χ4n) is 3.65. The average Bonchev–Trinajstić information content (AvgIpc) is 3.41. The first-order chi connectivity index (χ1) is 16.4. The maximum absolute atomic E-state index is 13.6. The molecule has 1 amide bonds. The molecule has 0 spiro atoms. The number of amides is 1. The lowest BCUT2D eigenvalue weighted by Gasteiger charge is -2.24. The topological polar surface area (TPSA) is 90.1 Å². The van der Waals surface area contributed by atoms with Crippen molar-refractivity contribution in [1.29, 1.82) is 0 Å². The van der Waals surface area contributed by atoms with Gasteiger partial charge in [-0.15, -0.1) is 6.58 Å². The zero-order chi connectivity index (χ0) is 25.8. The molecule has 0 aliphatic carbocycles. The first-order valence-corrected chi connectivity index (χ1v) is 11.2. The van der Waals surface area contributed by atoms with Crippen molar-refractivity contribution >= 4 is 11.9 Å². The maximum atomic E-state index is 13.6. The number of alkyl halides is 3. The highest BCUT2D eigenvalue weighted by molar-refractivity contribution is 5.90. The largest absolute Gasteiger partial charge is 0.493 e. The summed E-state index contributed by atoms with van der Waals surface area (Å²) in [5.41, 5.74) is -1.45. The number of nitrogens with zero attached hydrogens (tertiary/aromatic N) is 4. The lowest BCUT2D eigenvalue weighted by molar-refractivity contribution is -0.138. The Balaban J connectivity index is 1.83. The van der Waals surface area contributed by atoms with Crippen molar-refractivity contribution in [3.63, 3.8) is 0 Å². The van der Waals surface area contributed by atoms with Gasteiger partial charge in [-0.1, -0.05) is 11.2 Å². The van der Waals surface area contributed by atoms with E-state index in [1.54, 1.807) is 33.8 Å². The third-order valence-corrected chi connectivity index (χ3v) is 5.16. The molecule has 1 aromatic heterocycles. The van der Waals surface area contributed by atoms with Gasteiger partial charge in [-0.2, -0.15) is 23.1 Å². The summed E-state index contributed by atoms with van der Waals surface area (Å²) < 4.78 is 56.8. The molecule has 1 aliphatic heterocycles.